The van der Waals surface area contributed by atoms with E-state index >= 15 is 0 Å². The van der Waals surface area contributed by atoms with Gasteiger partial charge in [0.15, 0.2) is 18.7 Å². The minimum absolute atomic E-state index is 0.0329. The van der Waals surface area contributed by atoms with E-state index in [1.807, 2.05) is 0 Å². The van der Waals surface area contributed by atoms with Crippen LogP contribution in [0.2, 0.25) is 0 Å². The van der Waals surface area contributed by atoms with Gasteiger partial charge in [-0.15, -0.1) is 0 Å². The monoisotopic (exact) mass is 1480 g/mol. The first kappa shape index (κ1) is 93.9. The Balaban J connectivity index is 1.70. The van der Waals surface area contributed by atoms with Gasteiger partial charge in [0.2, 0.25) is 0 Å². The maximum Gasteiger partial charge on any atom is 0.472 e. The fraction of sp³-hybridized carbons (Fsp3) is 0.935. The number of hydrogen-bond acceptors (Lipinski definition) is 23. The Morgan fingerprint density at radius 3 is 1.07 bits per heavy atom. The Morgan fingerprint density at radius 1 is 0.373 bits per heavy atom. The molecule has 2 saturated heterocycles. The fourth-order valence-electron chi connectivity index (χ4n) is 13.5. The second-order valence-electron chi connectivity index (χ2n) is 29.1. The molecule has 18 atom stereocenters. The number of unbranched alkanes of at least 4 members (excludes halogenated alkanes) is 41. The van der Waals surface area contributed by atoms with Gasteiger partial charge in [0.25, 0.3) is 0 Å². The van der Waals surface area contributed by atoms with Crippen LogP contribution in [-0.2, 0) is 61.2 Å². The SMILES string of the molecule is CCCCCC/C=C\CCCCCCCCCC(=O)OC(COC(=O)CCCCCCCCCCCCCCCCCC)COP(=O)(O)OC1C(OC2OC(CO)C(O)C(O)C2O)C(O)C(O)C(O)C1OC1OC(COC(=O)CCCCCCCCCCCCCCCCCC)C(O)C(O)C1O. The van der Waals surface area contributed by atoms with Crippen molar-refractivity contribution in [3.05, 3.63) is 12.2 Å². The standard InChI is InChI=1S/C77H143O24P/c1-4-7-10-13-16-19-22-25-28-31-33-36-39-42-45-48-51-61(79)93-55-58(96-63(81)53-50-47-44-41-38-35-30-27-24-21-18-15-12-9-6-3)56-95-102(91,92)101-75-73(99-76-71(89)66(84)64(82)59(54-78)97-76)69(87)68(86)70(88)74(75)100-77-72(90)67(85)65(83)60(98-77)57-94-62(80)52-49-46-43-40-37-34-32-29-26-23-20-17-14-11-8-5-2/h21,24,58-60,64-78,82-90H,4-20,22-23,25-57H2,1-3H3,(H,91,92)/b24-21-. The van der Waals surface area contributed by atoms with Crippen LogP contribution in [0.15, 0.2) is 12.2 Å². The number of carbonyl (C=O) groups is 3. The van der Waals surface area contributed by atoms with Gasteiger partial charge in [-0.25, -0.2) is 4.57 Å². The summed E-state index contributed by atoms with van der Waals surface area (Å²) >= 11 is 0. The Bertz CT molecular complexity index is 2150. The topological polar surface area (TPSA) is 374 Å². The zero-order chi connectivity index (χ0) is 74.6. The average molecular weight is 1480 g/mol. The molecule has 3 aliphatic rings. The predicted octanol–water partition coefficient (Wildman–Crippen LogP) is 12.3. The minimum atomic E-state index is -5.70. The number of phosphoric ester groups is 1. The van der Waals surface area contributed by atoms with E-state index in [1.54, 1.807) is 0 Å². The largest absolute Gasteiger partial charge is 0.472 e. The molecule has 3 rings (SSSR count). The van der Waals surface area contributed by atoms with Crippen LogP contribution >= 0.6 is 7.82 Å². The summed E-state index contributed by atoms with van der Waals surface area (Å²) in [7, 11) is -5.70. The number of aliphatic hydroxyl groups is 10. The Labute approximate surface area is 612 Å². The Kier molecular flexibility index (Phi) is 54.0. The highest BCUT2D eigenvalue weighted by Gasteiger charge is 2.58. The number of ether oxygens (including phenoxy) is 7. The van der Waals surface area contributed by atoms with E-state index in [0.29, 0.717) is 19.3 Å². The highest BCUT2D eigenvalue weighted by Crippen LogP contribution is 2.49. The molecule has 24 nitrogen and oxygen atoms in total. The van der Waals surface area contributed by atoms with Crippen molar-refractivity contribution in [3.8, 4) is 0 Å². The lowest BCUT2D eigenvalue weighted by molar-refractivity contribution is -0.360. The molecule has 3 fully saturated rings. The van der Waals surface area contributed by atoms with E-state index in [-0.39, 0.29) is 19.3 Å². The summed E-state index contributed by atoms with van der Waals surface area (Å²) in [6.45, 7) is 3.48. The lowest BCUT2D eigenvalue weighted by Crippen LogP contribution is -2.69. The number of hydrogen-bond donors (Lipinski definition) is 11. The molecule has 102 heavy (non-hydrogen) atoms. The molecule has 25 heteroatoms. The molecule has 0 aromatic heterocycles. The first-order chi connectivity index (χ1) is 49.3. The van der Waals surface area contributed by atoms with Crippen molar-refractivity contribution < 1.29 is 117 Å². The summed E-state index contributed by atoms with van der Waals surface area (Å²) in [4.78, 5) is 51.1. The second-order valence-corrected chi connectivity index (χ2v) is 30.5. The molecule has 11 N–H and O–H groups in total. The van der Waals surface area contributed by atoms with E-state index in [9.17, 15) is 74.9 Å². The summed E-state index contributed by atoms with van der Waals surface area (Å²) in [5.41, 5.74) is 0. The van der Waals surface area contributed by atoms with Gasteiger partial charge in [-0.05, 0) is 44.9 Å². The number of aliphatic hydroxyl groups excluding tert-OH is 10. The molecule has 0 aromatic rings. The van der Waals surface area contributed by atoms with E-state index in [1.165, 1.54) is 161 Å². The second kappa shape index (κ2) is 58.7. The summed E-state index contributed by atoms with van der Waals surface area (Å²) in [5, 5.41) is 110. The van der Waals surface area contributed by atoms with Crippen LogP contribution in [0, 0.1) is 0 Å². The van der Waals surface area contributed by atoms with Crippen molar-refractivity contribution in [2.75, 3.05) is 26.4 Å². The quantitative estimate of drug-likeness (QED) is 0.00886. The molecule has 18 unspecified atom stereocenters. The number of phosphoric acid groups is 1. The molecule has 1 saturated carbocycles. The van der Waals surface area contributed by atoms with Gasteiger partial charge >= 0.3 is 25.7 Å². The number of rotatable bonds is 64. The average Bonchev–Trinajstić information content (AvgIpc) is 0.761. The summed E-state index contributed by atoms with van der Waals surface area (Å²) in [6, 6.07) is 0. The van der Waals surface area contributed by atoms with E-state index in [2.05, 4.69) is 32.9 Å². The van der Waals surface area contributed by atoms with Crippen molar-refractivity contribution >= 4 is 25.7 Å². The minimum Gasteiger partial charge on any atom is -0.463 e. The van der Waals surface area contributed by atoms with E-state index in [0.717, 1.165) is 109 Å². The van der Waals surface area contributed by atoms with E-state index in [4.69, 9.17) is 42.2 Å². The van der Waals surface area contributed by atoms with Crippen molar-refractivity contribution in [2.24, 2.45) is 0 Å². The fourth-order valence-corrected chi connectivity index (χ4v) is 14.4. The molecule has 0 radical (unpaired) electrons. The number of allylic oxidation sites excluding steroid dienone is 2. The van der Waals surface area contributed by atoms with Crippen LogP contribution in [0.4, 0.5) is 0 Å². The molecule has 2 aliphatic heterocycles. The van der Waals surface area contributed by atoms with Gasteiger partial charge in [-0.3, -0.25) is 23.4 Å². The molecule has 600 valence electrons. The molecule has 0 bridgehead atoms. The molecule has 0 amide bonds. The highest BCUT2D eigenvalue weighted by molar-refractivity contribution is 7.47. The third-order valence-electron chi connectivity index (χ3n) is 20.0. The van der Waals surface area contributed by atoms with Crippen LogP contribution in [-0.4, -0.2) is 204 Å². The first-order valence-corrected chi connectivity index (χ1v) is 42.0. The van der Waals surface area contributed by atoms with Gasteiger partial charge in [0, 0.05) is 19.3 Å². The number of carbonyl (C=O) groups excluding carboxylic acids is 3. The van der Waals surface area contributed by atoms with Gasteiger partial charge in [0.1, 0.15) is 98.7 Å². The zero-order valence-corrected chi connectivity index (χ0v) is 63.8. The van der Waals surface area contributed by atoms with Crippen LogP contribution < -0.4 is 0 Å². The summed E-state index contributed by atoms with van der Waals surface area (Å²) in [6.07, 6.45) is 19.6. The van der Waals surface area contributed by atoms with Gasteiger partial charge < -0.3 is 89.1 Å². The number of esters is 3. The third-order valence-corrected chi connectivity index (χ3v) is 21.0. The third kappa shape index (κ3) is 40.8. The van der Waals surface area contributed by atoms with Gasteiger partial charge in [0.05, 0.1) is 13.2 Å². The molecule has 0 aromatic carbocycles. The van der Waals surface area contributed by atoms with Crippen LogP contribution in [0.5, 0.6) is 0 Å². The Morgan fingerprint density at radius 2 is 0.686 bits per heavy atom. The van der Waals surface area contributed by atoms with E-state index < -0.39 is 156 Å². The molecular formula is C77H143O24P. The molecule has 1 aliphatic carbocycles. The maximum atomic E-state index is 14.4. The van der Waals surface area contributed by atoms with Crippen molar-refractivity contribution in [1.29, 1.82) is 0 Å². The first-order valence-electron chi connectivity index (χ1n) is 40.5. The van der Waals surface area contributed by atoms with Crippen LogP contribution in [0.1, 0.15) is 329 Å². The Hall–Kier alpha value is -2.30. The lowest BCUT2D eigenvalue weighted by Gasteiger charge is -2.49. The maximum absolute atomic E-state index is 14.4. The molecule has 0 spiro atoms. The van der Waals surface area contributed by atoms with Gasteiger partial charge in [-0.2, -0.15) is 0 Å². The molecular weight excluding hydrogens is 1340 g/mol. The highest BCUT2D eigenvalue weighted by atomic mass is 31.2. The van der Waals surface area contributed by atoms with Crippen LogP contribution in [0.25, 0.3) is 0 Å². The summed E-state index contributed by atoms with van der Waals surface area (Å²) < 4.78 is 65.2. The predicted molar refractivity (Wildman–Crippen MR) is 388 cm³/mol. The van der Waals surface area contributed by atoms with Crippen molar-refractivity contribution in [1.82, 2.24) is 0 Å². The zero-order valence-electron chi connectivity index (χ0n) is 62.9. The normalized spacial score (nSPS) is 27.0. The summed E-state index contributed by atoms with van der Waals surface area (Å²) in [5.74, 6) is -1.98. The smallest absolute Gasteiger partial charge is 0.463 e. The van der Waals surface area contributed by atoms with Crippen molar-refractivity contribution in [2.45, 2.75) is 433 Å². The van der Waals surface area contributed by atoms with Gasteiger partial charge in [-0.1, -0.05) is 277 Å². The lowest BCUT2D eigenvalue weighted by atomic mass is 9.84. The van der Waals surface area contributed by atoms with Crippen LogP contribution in [0.3, 0.4) is 0 Å². The molecule has 2 heterocycles. The van der Waals surface area contributed by atoms with Crippen molar-refractivity contribution in [3.63, 3.8) is 0 Å².